The zero-order valence-corrected chi connectivity index (χ0v) is 5.38. The first-order valence-electron chi connectivity index (χ1n) is 1.77. The lowest BCUT2D eigenvalue weighted by molar-refractivity contribution is 0.228. The highest BCUT2D eigenvalue weighted by atomic mass is 35.5. The molecule has 0 aromatic carbocycles. The Labute approximate surface area is 52.5 Å². The Morgan fingerprint density at radius 3 is 2.00 bits per heavy atom. The third-order valence-corrected chi connectivity index (χ3v) is 1.22. The topological polar surface area (TPSA) is 19.9 Å². The first-order valence-corrected chi connectivity index (χ1v) is 2.53. The van der Waals surface area contributed by atoms with E-state index in [1.165, 1.54) is 0 Å². The highest BCUT2D eigenvalue weighted by molar-refractivity contribution is 6.38. The van der Waals surface area contributed by atoms with Crippen molar-refractivity contribution < 1.29 is 5.11 Å². The summed E-state index contributed by atoms with van der Waals surface area (Å²) < 4.78 is 0. The van der Waals surface area contributed by atoms with Gasteiger partial charge in [-0.25, -0.2) is 5.11 Å². The van der Waals surface area contributed by atoms with Crippen LogP contribution >= 0.6 is 23.2 Å². The second-order valence-corrected chi connectivity index (χ2v) is 2.11. The predicted molar refractivity (Wildman–Crippen MR) is 30.0 cm³/mol. The summed E-state index contributed by atoms with van der Waals surface area (Å²) in [5, 5.41) is 10.4. The Hall–Kier alpha value is 0.280. The Morgan fingerprint density at radius 2 is 2.00 bits per heavy atom. The summed E-state index contributed by atoms with van der Waals surface area (Å²) in [7, 11) is 0. The molecule has 1 nitrogen and oxygen atoms in total. The van der Waals surface area contributed by atoms with E-state index in [9.17, 15) is 5.11 Å². The molecule has 0 atom stereocenters. The van der Waals surface area contributed by atoms with E-state index in [1.807, 2.05) is 0 Å². The number of hydrogen-bond acceptors (Lipinski definition) is 0. The van der Waals surface area contributed by atoms with Crippen LogP contribution in [0.15, 0.2) is 10.1 Å². The molecule has 0 spiro atoms. The van der Waals surface area contributed by atoms with Crippen molar-refractivity contribution in [3.8, 4) is 0 Å². The zero-order valence-electron chi connectivity index (χ0n) is 3.87. The maximum atomic E-state index is 9.80. The summed E-state index contributed by atoms with van der Waals surface area (Å²) in [6, 6.07) is 0. The van der Waals surface area contributed by atoms with Crippen LogP contribution in [0.4, 0.5) is 0 Å². The fraction of sp³-hybridized carbons (Fsp3) is 0.500. The van der Waals surface area contributed by atoms with Gasteiger partial charge in [0.15, 0.2) is 0 Å². The van der Waals surface area contributed by atoms with Gasteiger partial charge in [0.05, 0.1) is 5.03 Å². The molecule has 0 amide bonds. The lowest BCUT2D eigenvalue weighted by Crippen LogP contribution is -1.78. The summed E-state index contributed by atoms with van der Waals surface area (Å²) in [5.41, 5.74) is 0. The molecule has 0 aromatic rings. The highest BCUT2D eigenvalue weighted by Gasteiger charge is 1.91. The Kier molecular flexibility index (Phi) is 3.44. The second-order valence-electron chi connectivity index (χ2n) is 1.08. The van der Waals surface area contributed by atoms with Gasteiger partial charge in [-0.05, 0) is 6.92 Å². The molecule has 0 bridgehead atoms. The molecule has 0 heterocycles. The van der Waals surface area contributed by atoms with Crippen LogP contribution in [-0.4, -0.2) is 6.61 Å². The number of halogens is 2. The van der Waals surface area contributed by atoms with E-state index in [-0.39, 0.29) is 5.03 Å². The van der Waals surface area contributed by atoms with Gasteiger partial charge in [0.1, 0.15) is 6.61 Å². The van der Waals surface area contributed by atoms with Gasteiger partial charge in [0.25, 0.3) is 0 Å². The zero-order chi connectivity index (χ0) is 5.86. The molecular weight excluding hydrogens is 135 g/mol. The van der Waals surface area contributed by atoms with E-state index in [1.54, 1.807) is 6.92 Å². The summed E-state index contributed by atoms with van der Waals surface area (Å²) in [6.45, 7) is 1.17. The first-order chi connectivity index (χ1) is 3.18. The molecule has 0 aromatic heterocycles. The molecule has 3 heteroatoms. The van der Waals surface area contributed by atoms with Gasteiger partial charge in [0.2, 0.25) is 0 Å². The number of rotatable bonds is 1. The molecule has 41 valence electrons. The predicted octanol–water partition coefficient (Wildman–Crippen LogP) is 2.13. The van der Waals surface area contributed by atoms with Crippen molar-refractivity contribution in [3.05, 3.63) is 10.1 Å². The van der Waals surface area contributed by atoms with Crippen molar-refractivity contribution in [1.29, 1.82) is 0 Å². The third-order valence-electron chi connectivity index (χ3n) is 0.501. The summed E-state index contributed by atoms with van der Waals surface area (Å²) in [6.07, 6.45) is 0. The molecule has 0 aliphatic carbocycles. The van der Waals surface area contributed by atoms with Crippen LogP contribution in [0, 0.1) is 0 Å². The lowest BCUT2D eigenvalue weighted by Gasteiger charge is -1.86. The van der Waals surface area contributed by atoms with Gasteiger partial charge in [-0.15, -0.1) is 0 Å². The van der Waals surface area contributed by atoms with Gasteiger partial charge in [-0.2, -0.15) is 0 Å². The quantitative estimate of drug-likeness (QED) is 0.531. The summed E-state index contributed by atoms with van der Waals surface area (Å²) >= 11 is 10.5. The maximum Gasteiger partial charge on any atom is 0.119 e. The first kappa shape index (κ1) is 7.28. The minimum absolute atomic E-state index is 0.196. The van der Waals surface area contributed by atoms with Crippen LogP contribution in [0.3, 0.4) is 0 Å². The molecule has 0 aliphatic rings. The Balaban J connectivity index is 3.72. The average Bonchev–Trinajstić information content (AvgIpc) is 1.65. The summed E-state index contributed by atoms with van der Waals surface area (Å²) in [4.78, 5) is 0. The van der Waals surface area contributed by atoms with Gasteiger partial charge in [-0.1, -0.05) is 23.2 Å². The van der Waals surface area contributed by atoms with E-state index >= 15 is 0 Å². The fourth-order valence-corrected chi connectivity index (χ4v) is 0.154. The standard InChI is InChI=1S/C4H5Cl2O/c1-3(5)4(6)2-7/h2H2,1H3/b4-3+. The van der Waals surface area contributed by atoms with Crippen molar-refractivity contribution in [2.24, 2.45) is 0 Å². The van der Waals surface area contributed by atoms with Crippen LogP contribution in [0.2, 0.25) is 0 Å². The molecule has 7 heavy (non-hydrogen) atoms. The highest BCUT2D eigenvalue weighted by Crippen LogP contribution is 2.10. The monoisotopic (exact) mass is 139 g/mol. The lowest BCUT2D eigenvalue weighted by atomic mass is 10.5. The second kappa shape index (κ2) is 3.30. The number of allylic oxidation sites excluding steroid dienone is 1. The Morgan fingerprint density at radius 1 is 1.57 bits per heavy atom. The van der Waals surface area contributed by atoms with Gasteiger partial charge in [0, 0.05) is 5.03 Å². The molecule has 0 fully saturated rings. The average molecular weight is 140 g/mol. The van der Waals surface area contributed by atoms with Crippen molar-refractivity contribution >= 4 is 23.2 Å². The molecule has 0 unspecified atom stereocenters. The third kappa shape index (κ3) is 2.92. The van der Waals surface area contributed by atoms with Crippen molar-refractivity contribution in [2.75, 3.05) is 6.61 Å². The van der Waals surface area contributed by atoms with Crippen LogP contribution in [0.1, 0.15) is 6.92 Å². The van der Waals surface area contributed by atoms with Crippen LogP contribution in [0.25, 0.3) is 0 Å². The van der Waals surface area contributed by atoms with Gasteiger partial charge < -0.3 is 0 Å². The van der Waals surface area contributed by atoms with E-state index in [0.717, 1.165) is 0 Å². The van der Waals surface area contributed by atoms with Crippen LogP contribution in [0.5, 0.6) is 0 Å². The molecule has 0 rings (SSSR count). The molecule has 0 saturated carbocycles. The number of hydrogen-bond donors (Lipinski definition) is 0. The molecule has 0 saturated heterocycles. The molecule has 0 aliphatic heterocycles. The smallest absolute Gasteiger partial charge is 0.119 e. The van der Waals surface area contributed by atoms with Crippen LogP contribution in [-0.2, 0) is 5.11 Å². The van der Waals surface area contributed by atoms with E-state index in [2.05, 4.69) is 0 Å². The van der Waals surface area contributed by atoms with E-state index < -0.39 is 6.61 Å². The Bertz CT molecular complexity index is 83.7. The van der Waals surface area contributed by atoms with E-state index in [0.29, 0.717) is 5.03 Å². The minimum Gasteiger partial charge on any atom is -0.231 e. The van der Waals surface area contributed by atoms with Crippen LogP contribution < -0.4 is 0 Å². The van der Waals surface area contributed by atoms with Gasteiger partial charge >= 0.3 is 0 Å². The van der Waals surface area contributed by atoms with Gasteiger partial charge in [-0.3, -0.25) is 0 Å². The maximum absolute atomic E-state index is 9.80. The molecule has 1 radical (unpaired) electrons. The summed E-state index contributed by atoms with van der Waals surface area (Å²) in [5.74, 6) is 0. The largest absolute Gasteiger partial charge is 0.231 e. The molecular formula is C4H5Cl2O. The van der Waals surface area contributed by atoms with Crippen molar-refractivity contribution in [2.45, 2.75) is 6.92 Å². The van der Waals surface area contributed by atoms with Crippen molar-refractivity contribution in [1.82, 2.24) is 0 Å². The fourth-order valence-electron chi connectivity index (χ4n) is 0.0994. The minimum atomic E-state index is -0.420. The SMILES string of the molecule is C/C(Cl)=C(\Cl)C[O]. The van der Waals surface area contributed by atoms with Crippen molar-refractivity contribution in [3.63, 3.8) is 0 Å². The normalized spacial score (nSPS) is 13.7. The molecule has 0 N–H and O–H groups in total. The van der Waals surface area contributed by atoms with E-state index in [4.69, 9.17) is 23.2 Å².